The van der Waals surface area contributed by atoms with Gasteiger partial charge in [-0.1, -0.05) is 29.8 Å². The first-order chi connectivity index (χ1) is 12.6. The molecule has 0 bridgehead atoms. The van der Waals surface area contributed by atoms with Gasteiger partial charge < -0.3 is 15.6 Å². The van der Waals surface area contributed by atoms with Crippen molar-refractivity contribution in [2.45, 2.75) is 44.8 Å². The summed E-state index contributed by atoms with van der Waals surface area (Å²) in [5, 5.41) is 10.4. The number of nitrogen functional groups attached to an aromatic ring is 1. The van der Waals surface area contributed by atoms with E-state index < -0.39 is 0 Å². The topological polar surface area (TPSA) is 94.2 Å². The summed E-state index contributed by atoms with van der Waals surface area (Å²) in [5.74, 6) is 0.406. The Kier molecular flexibility index (Phi) is 4.42. The lowest BCUT2D eigenvalue weighted by molar-refractivity contribution is 0.0620. The molecule has 0 amide bonds. The fraction of sp³-hybridized carbons (Fsp3) is 0.350. The number of anilines is 1. The summed E-state index contributed by atoms with van der Waals surface area (Å²) >= 11 is 0. The van der Waals surface area contributed by atoms with E-state index in [1.54, 1.807) is 12.4 Å². The molecule has 0 radical (unpaired) electrons. The summed E-state index contributed by atoms with van der Waals surface area (Å²) < 4.78 is 5.97. The molecule has 2 heterocycles. The van der Waals surface area contributed by atoms with E-state index >= 15 is 0 Å². The molecule has 1 saturated carbocycles. The van der Waals surface area contributed by atoms with Crippen molar-refractivity contribution in [3.05, 3.63) is 42.2 Å². The Labute approximate surface area is 152 Å². The Balaban J connectivity index is 1.71. The van der Waals surface area contributed by atoms with Gasteiger partial charge >= 0.3 is 6.01 Å². The van der Waals surface area contributed by atoms with Crippen LogP contribution in [0.1, 0.15) is 31.2 Å². The number of hydrogen-bond donors (Lipinski definition) is 2. The molecule has 6 nitrogen and oxygen atoms in total. The summed E-state index contributed by atoms with van der Waals surface area (Å²) in [6.07, 6.45) is 6.38. The van der Waals surface area contributed by atoms with Crippen LogP contribution in [0.5, 0.6) is 6.01 Å². The number of benzene rings is 1. The first-order valence-electron chi connectivity index (χ1n) is 8.93. The van der Waals surface area contributed by atoms with Crippen LogP contribution in [0, 0.1) is 6.92 Å². The quantitative estimate of drug-likeness (QED) is 0.753. The van der Waals surface area contributed by atoms with Crippen LogP contribution in [0.3, 0.4) is 0 Å². The second-order valence-corrected chi connectivity index (χ2v) is 6.89. The fourth-order valence-corrected chi connectivity index (χ4v) is 3.34. The van der Waals surface area contributed by atoms with Gasteiger partial charge in [0.25, 0.3) is 0 Å². The van der Waals surface area contributed by atoms with Crippen LogP contribution in [-0.4, -0.2) is 32.3 Å². The minimum atomic E-state index is -0.216. The highest BCUT2D eigenvalue weighted by atomic mass is 16.5. The van der Waals surface area contributed by atoms with E-state index in [4.69, 9.17) is 10.5 Å². The van der Waals surface area contributed by atoms with Crippen LogP contribution in [0.2, 0.25) is 0 Å². The van der Waals surface area contributed by atoms with Crippen molar-refractivity contribution in [2.24, 2.45) is 0 Å². The Bertz CT molecular complexity index is 919. The van der Waals surface area contributed by atoms with E-state index in [0.717, 1.165) is 47.7 Å². The predicted molar refractivity (Wildman–Crippen MR) is 101 cm³/mol. The van der Waals surface area contributed by atoms with Crippen LogP contribution in [0.25, 0.3) is 22.0 Å². The molecule has 1 aromatic carbocycles. The second-order valence-electron chi connectivity index (χ2n) is 6.89. The third kappa shape index (κ3) is 3.32. The van der Waals surface area contributed by atoms with E-state index in [1.807, 2.05) is 12.1 Å². The molecule has 6 heteroatoms. The highest BCUT2D eigenvalue weighted by Crippen LogP contribution is 2.31. The Morgan fingerprint density at radius 1 is 1.04 bits per heavy atom. The summed E-state index contributed by atoms with van der Waals surface area (Å²) in [4.78, 5) is 13.2. The summed E-state index contributed by atoms with van der Waals surface area (Å²) in [6, 6.07) is 8.56. The zero-order chi connectivity index (χ0) is 18.1. The number of nitrogens with two attached hydrogens (primary N) is 1. The maximum absolute atomic E-state index is 9.64. The number of aryl methyl sites for hydroxylation is 1. The van der Waals surface area contributed by atoms with Crippen LogP contribution in [0.15, 0.2) is 36.7 Å². The van der Waals surface area contributed by atoms with Gasteiger partial charge in [-0.3, -0.25) is 0 Å². The SMILES string of the molecule is Cc1ccc(-c2cnc(N)c3cnc(O[C@H]4CC[C@H](O)CC4)nc23)cc1. The molecule has 0 aliphatic heterocycles. The highest BCUT2D eigenvalue weighted by molar-refractivity contribution is 5.98. The Hall–Kier alpha value is -2.73. The van der Waals surface area contributed by atoms with Gasteiger partial charge in [-0.15, -0.1) is 0 Å². The third-order valence-electron chi connectivity index (χ3n) is 4.91. The number of pyridine rings is 1. The molecule has 4 rings (SSSR count). The van der Waals surface area contributed by atoms with Gasteiger partial charge in [-0.2, -0.15) is 4.98 Å². The molecule has 1 aliphatic carbocycles. The fourth-order valence-electron chi connectivity index (χ4n) is 3.34. The second kappa shape index (κ2) is 6.88. The molecule has 0 unspecified atom stereocenters. The number of aromatic nitrogens is 3. The summed E-state index contributed by atoms with van der Waals surface area (Å²) in [5.41, 5.74) is 9.88. The molecule has 0 spiro atoms. The van der Waals surface area contributed by atoms with Crippen LogP contribution in [-0.2, 0) is 0 Å². The van der Waals surface area contributed by atoms with E-state index in [-0.39, 0.29) is 12.2 Å². The zero-order valence-corrected chi connectivity index (χ0v) is 14.7. The summed E-state index contributed by atoms with van der Waals surface area (Å²) in [6.45, 7) is 2.05. The number of nitrogens with zero attached hydrogens (tertiary/aromatic N) is 3. The van der Waals surface area contributed by atoms with Gasteiger partial charge in [0, 0.05) is 18.0 Å². The molecular weight excluding hydrogens is 328 g/mol. The Morgan fingerprint density at radius 3 is 2.50 bits per heavy atom. The van der Waals surface area contributed by atoms with E-state index in [1.165, 1.54) is 5.56 Å². The van der Waals surface area contributed by atoms with Gasteiger partial charge in [0.2, 0.25) is 0 Å². The minimum absolute atomic E-state index is 0.0397. The smallest absolute Gasteiger partial charge is 0.317 e. The molecule has 0 atom stereocenters. The van der Waals surface area contributed by atoms with Crippen molar-refractivity contribution < 1.29 is 9.84 Å². The van der Waals surface area contributed by atoms with Crippen LogP contribution >= 0.6 is 0 Å². The maximum Gasteiger partial charge on any atom is 0.317 e. The van der Waals surface area contributed by atoms with Crippen molar-refractivity contribution in [1.29, 1.82) is 0 Å². The lowest BCUT2D eigenvalue weighted by Crippen LogP contribution is -2.27. The average molecular weight is 350 g/mol. The number of ether oxygens (including phenoxy) is 1. The standard InChI is InChI=1S/C20H22N4O2/c1-12-2-4-13(5-3-12)16-10-22-19(21)17-11-23-20(24-18(16)17)26-15-8-6-14(25)7-9-15/h2-5,10-11,14-15,25H,6-9H2,1H3,(H2,21,22)/t14-,15-. The number of rotatable bonds is 3. The third-order valence-corrected chi connectivity index (χ3v) is 4.91. The molecule has 1 aliphatic rings. The van der Waals surface area contributed by atoms with E-state index in [2.05, 4.69) is 34.0 Å². The lowest BCUT2D eigenvalue weighted by atomic mass is 9.95. The maximum atomic E-state index is 9.64. The molecule has 3 aromatic rings. The van der Waals surface area contributed by atoms with Crippen molar-refractivity contribution in [3.8, 4) is 17.1 Å². The molecule has 26 heavy (non-hydrogen) atoms. The van der Waals surface area contributed by atoms with Crippen molar-refractivity contribution in [3.63, 3.8) is 0 Å². The molecule has 3 N–H and O–H groups in total. The molecule has 2 aromatic heterocycles. The normalized spacial score (nSPS) is 20.2. The average Bonchev–Trinajstić information content (AvgIpc) is 2.65. The van der Waals surface area contributed by atoms with Crippen molar-refractivity contribution in [1.82, 2.24) is 15.0 Å². The predicted octanol–water partition coefficient (Wildman–Crippen LogP) is 3.26. The van der Waals surface area contributed by atoms with Gasteiger partial charge in [0.05, 0.1) is 17.0 Å². The minimum Gasteiger partial charge on any atom is -0.460 e. The Morgan fingerprint density at radius 2 is 1.77 bits per heavy atom. The van der Waals surface area contributed by atoms with Gasteiger partial charge in [0.1, 0.15) is 11.9 Å². The van der Waals surface area contributed by atoms with Gasteiger partial charge in [0.15, 0.2) is 0 Å². The number of aliphatic hydroxyl groups excluding tert-OH is 1. The van der Waals surface area contributed by atoms with Crippen LogP contribution < -0.4 is 10.5 Å². The monoisotopic (exact) mass is 350 g/mol. The first-order valence-corrected chi connectivity index (χ1v) is 8.93. The number of fused-ring (bicyclic) bond motifs is 1. The molecule has 134 valence electrons. The highest BCUT2D eigenvalue weighted by Gasteiger charge is 2.22. The molecule has 0 saturated heterocycles. The van der Waals surface area contributed by atoms with Gasteiger partial charge in [-0.25, -0.2) is 9.97 Å². The first kappa shape index (κ1) is 16.7. The number of hydrogen-bond acceptors (Lipinski definition) is 6. The van der Waals surface area contributed by atoms with Crippen LogP contribution in [0.4, 0.5) is 5.82 Å². The zero-order valence-electron chi connectivity index (χ0n) is 14.7. The van der Waals surface area contributed by atoms with Gasteiger partial charge in [-0.05, 0) is 38.2 Å². The summed E-state index contributed by atoms with van der Waals surface area (Å²) in [7, 11) is 0. The largest absolute Gasteiger partial charge is 0.460 e. The molecule has 1 fully saturated rings. The molecular formula is C20H22N4O2. The lowest BCUT2D eigenvalue weighted by Gasteiger charge is -2.25. The van der Waals surface area contributed by atoms with Crippen molar-refractivity contribution >= 4 is 16.7 Å². The van der Waals surface area contributed by atoms with E-state index in [9.17, 15) is 5.11 Å². The number of aliphatic hydroxyl groups is 1. The van der Waals surface area contributed by atoms with Crippen molar-refractivity contribution in [2.75, 3.05) is 5.73 Å². The van der Waals surface area contributed by atoms with E-state index in [0.29, 0.717) is 11.8 Å².